The fourth-order valence-electron chi connectivity index (χ4n) is 7.18. The number of fused-ring (bicyclic) bond motifs is 7. The Balaban J connectivity index is 1.27. The van der Waals surface area contributed by atoms with E-state index in [1.54, 1.807) is 11.1 Å². The summed E-state index contributed by atoms with van der Waals surface area (Å²) in [5.74, 6) is 0.651. The van der Waals surface area contributed by atoms with Gasteiger partial charge in [0, 0.05) is 32.0 Å². The average molecular weight is 491 g/mol. The number of aryl methyl sites for hydroxylation is 4. The molecule has 37 heavy (non-hydrogen) atoms. The number of hydrogen-bond donors (Lipinski definition) is 0. The zero-order chi connectivity index (χ0) is 24.1. The van der Waals surface area contributed by atoms with Gasteiger partial charge in [0.25, 0.3) is 0 Å². The zero-order valence-electron chi connectivity index (χ0n) is 20.6. The molecule has 0 saturated carbocycles. The van der Waals surface area contributed by atoms with Gasteiger partial charge in [0.15, 0.2) is 0 Å². The molecule has 2 unspecified atom stereocenters. The van der Waals surface area contributed by atoms with Gasteiger partial charge < -0.3 is 0 Å². The molecule has 9 rings (SSSR count). The molecule has 4 aromatic carbocycles. The first kappa shape index (κ1) is 20.4. The van der Waals surface area contributed by atoms with Gasteiger partial charge in [0.2, 0.25) is 0 Å². The molecule has 4 aliphatic carbocycles. The monoisotopic (exact) mass is 490 g/mol. The van der Waals surface area contributed by atoms with E-state index in [1.165, 1.54) is 90.4 Å². The maximum atomic E-state index is 2.51. The van der Waals surface area contributed by atoms with Crippen LogP contribution in [0.15, 0.2) is 103 Å². The number of hydrogen-bond acceptors (Lipinski definition) is 1. The van der Waals surface area contributed by atoms with Crippen molar-refractivity contribution in [1.29, 1.82) is 0 Å². The predicted molar refractivity (Wildman–Crippen MR) is 157 cm³/mol. The van der Waals surface area contributed by atoms with Crippen molar-refractivity contribution in [3.05, 3.63) is 147 Å². The molecule has 0 aliphatic heterocycles. The van der Waals surface area contributed by atoms with Gasteiger partial charge in [-0.25, -0.2) is 0 Å². The highest BCUT2D eigenvalue weighted by Crippen LogP contribution is 2.51. The molecule has 176 valence electrons. The van der Waals surface area contributed by atoms with Crippen molar-refractivity contribution < 1.29 is 0 Å². The lowest BCUT2D eigenvalue weighted by Gasteiger charge is -2.37. The SMILES string of the molecule is C1=CC2=C(c3ccc4c(c3)CC4)c3ccccc3C(c3ccc4sc5cc6c(cc5c4c3)CC6)C2C=C1. The smallest absolute Gasteiger partial charge is 0.0358 e. The molecule has 0 fully saturated rings. The Labute approximate surface area is 221 Å². The summed E-state index contributed by atoms with van der Waals surface area (Å²) in [7, 11) is 0. The summed E-state index contributed by atoms with van der Waals surface area (Å²) in [4.78, 5) is 0. The molecule has 0 spiro atoms. The van der Waals surface area contributed by atoms with Crippen molar-refractivity contribution in [2.24, 2.45) is 5.92 Å². The minimum Gasteiger partial charge on any atom is -0.135 e. The van der Waals surface area contributed by atoms with E-state index in [9.17, 15) is 0 Å². The van der Waals surface area contributed by atoms with Gasteiger partial charge in [-0.2, -0.15) is 0 Å². The van der Waals surface area contributed by atoms with E-state index in [0.29, 0.717) is 11.8 Å². The Morgan fingerprint density at radius 1 is 0.649 bits per heavy atom. The highest BCUT2D eigenvalue weighted by atomic mass is 32.1. The third kappa shape index (κ3) is 2.84. The quantitative estimate of drug-likeness (QED) is 0.232. The van der Waals surface area contributed by atoms with E-state index in [2.05, 4.69) is 97.1 Å². The lowest BCUT2D eigenvalue weighted by atomic mass is 9.66. The Hall–Kier alpha value is -3.68. The first-order chi connectivity index (χ1) is 18.3. The molecular formula is C36H26S. The van der Waals surface area contributed by atoms with Crippen LogP contribution in [0.5, 0.6) is 0 Å². The first-order valence-electron chi connectivity index (χ1n) is 13.6. The van der Waals surface area contributed by atoms with Gasteiger partial charge in [0.05, 0.1) is 0 Å². The molecule has 1 heterocycles. The largest absolute Gasteiger partial charge is 0.135 e. The van der Waals surface area contributed by atoms with Crippen LogP contribution in [0.2, 0.25) is 0 Å². The summed E-state index contributed by atoms with van der Waals surface area (Å²) in [6, 6.07) is 28.6. The van der Waals surface area contributed by atoms with Crippen LogP contribution in [0, 0.1) is 5.92 Å². The van der Waals surface area contributed by atoms with Gasteiger partial charge in [-0.05, 0) is 106 Å². The van der Waals surface area contributed by atoms with Gasteiger partial charge in [0.1, 0.15) is 0 Å². The second kappa shape index (κ2) is 7.43. The molecule has 0 N–H and O–H groups in total. The summed E-state index contributed by atoms with van der Waals surface area (Å²) in [5, 5.41) is 2.88. The summed E-state index contributed by atoms with van der Waals surface area (Å²) in [6.07, 6.45) is 14.2. The number of benzene rings is 4. The minimum atomic E-state index is 0.314. The fourth-order valence-corrected chi connectivity index (χ4v) is 8.31. The van der Waals surface area contributed by atoms with E-state index in [4.69, 9.17) is 0 Å². The summed E-state index contributed by atoms with van der Waals surface area (Å²) in [6.45, 7) is 0. The molecule has 2 atom stereocenters. The summed E-state index contributed by atoms with van der Waals surface area (Å²) < 4.78 is 2.85. The molecule has 0 bridgehead atoms. The van der Waals surface area contributed by atoms with Crippen molar-refractivity contribution in [3.8, 4) is 0 Å². The average Bonchev–Trinajstić information content (AvgIpc) is 3.26. The first-order valence-corrected chi connectivity index (χ1v) is 14.4. The minimum absolute atomic E-state index is 0.314. The Morgan fingerprint density at radius 2 is 1.46 bits per heavy atom. The third-order valence-corrected chi connectivity index (χ3v) is 10.4. The van der Waals surface area contributed by atoms with Gasteiger partial charge in [-0.1, -0.05) is 72.8 Å². The van der Waals surface area contributed by atoms with E-state index >= 15 is 0 Å². The van der Waals surface area contributed by atoms with E-state index < -0.39 is 0 Å². The van der Waals surface area contributed by atoms with Crippen LogP contribution in [0.4, 0.5) is 0 Å². The van der Waals surface area contributed by atoms with E-state index in [1.807, 2.05) is 11.3 Å². The fraction of sp³-hybridized carbons (Fsp3) is 0.167. The summed E-state index contributed by atoms with van der Waals surface area (Å²) >= 11 is 1.95. The van der Waals surface area contributed by atoms with Gasteiger partial charge in [-0.3, -0.25) is 0 Å². The standard InChI is InChI=1S/C36H26S/c1-3-7-29-27(5-1)35(25-14-10-21-9-11-22(21)17-25)28-6-2-4-8-30(28)36(29)26-15-16-33-31(19-26)32-18-23-12-13-24(23)20-34(32)37-33/h1-8,10,14-20,29,36H,9,11-13H2. The Kier molecular flexibility index (Phi) is 4.09. The van der Waals surface area contributed by atoms with E-state index in [-0.39, 0.29) is 0 Å². The molecule has 1 aromatic heterocycles. The normalized spacial score (nSPS) is 20.8. The number of thiophene rings is 1. The highest BCUT2D eigenvalue weighted by molar-refractivity contribution is 7.25. The molecule has 0 nitrogen and oxygen atoms in total. The second-order valence-electron chi connectivity index (χ2n) is 11.1. The van der Waals surface area contributed by atoms with Crippen LogP contribution < -0.4 is 0 Å². The zero-order valence-corrected chi connectivity index (χ0v) is 21.4. The second-order valence-corrected chi connectivity index (χ2v) is 12.2. The van der Waals surface area contributed by atoms with Crippen molar-refractivity contribution in [3.63, 3.8) is 0 Å². The molecule has 0 saturated heterocycles. The summed E-state index contributed by atoms with van der Waals surface area (Å²) in [5.41, 5.74) is 14.7. The topological polar surface area (TPSA) is 0 Å². The Morgan fingerprint density at radius 3 is 2.32 bits per heavy atom. The van der Waals surface area contributed by atoms with Crippen molar-refractivity contribution in [2.75, 3.05) is 0 Å². The van der Waals surface area contributed by atoms with E-state index in [0.717, 1.165) is 0 Å². The molecule has 5 aromatic rings. The maximum Gasteiger partial charge on any atom is 0.0358 e. The molecular weight excluding hydrogens is 464 g/mol. The predicted octanol–water partition coefficient (Wildman–Crippen LogP) is 8.94. The lowest BCUT2D eigenvalue weighted by molar-refractivity contribution is 0.649. The van der Waals surface area contributed by atoms with Crippen LogP contribution in [0.3, 0.4) is 0 Å². The molecule has 0 amide bonds. The van der Waals surface area contributed by atoms with Crippen molar-refractivity contribution >= 4 is 37.1 Å². The van der Waals surface area contributed by atoms with Crippen molar-refractivity contribution in [1.82, 2.24) is 0 Å². The van der Waals surface area contributed by atoms with Crippen molar-refractivity contribution in [2.45, 2.75) is 31.6 Å². The maximum absolute atomic E-state index is 2.51. The lowest BCUT2D eigenvalue weighted by Crippen LogP contribution is -2.23. The number of rotatable bonds is 2. The van der Waals surface area contributed by atoms with Crippen LogP contribution in [-0.2, 0) is 25.7 Å². The molecule has 0 radical (unpaired) electrons. The third-order valence-electron chi connectivity index (χ3n) is 9.27. The van der Waals surface area contributed by atoms with Gasteiger partial charge >= 0.3 is 0 Å². The van der Waals surface area contributed by atoms with Crippen LogP contribution in [0.1, 0.15) is 50.4 Å². The van der Waals surface area contributed by atoms with Crippen LogP contribution in [0.25, 0.3) is 25.7 Å². The van der Waals surface area contributed by atoms with Crippen LogP contribution >= 0.6 is 11.3 Å². The number of allylic oxidation sites excluding steroid dienone is 5. The van der Waals surface area contributed by atoms with Gasteiger partial charge in [-0.15, -0.1) is 11.3 Å². The Bertz CT molecular complexity index is 1890. The molecule has 4 aliphatic rings. The highest BCUT2D eigenvalue weighted by Gasteiger charge is 2.35. The van der Waals surface area contributed by atoms with Crippen LogP contribution in [-0.4, -0.2) is 0 Å². The molecule has 1 heteroatoms.